The molecule has 1 aromatic rings. The van der Waals surface area contributed by atoms with Gasteiger partial charge in [0.25, 0.3) is 11.7 Å². The summed E-state index contributed by atoms with van der Waals surface area (Å²) in [6, 6.07) is 4.89. The van der Waals surface area contributed by atoms with Crippen LogP contribution in [0.1, 0.15) is 24.2 Å². The van der Waals surface area contributed by atoms with E-state index in [2.05, 4.69) is 0 Å². The molecule has 0 N–H and O–H groups in total. The van der Waals surface area contributed by atoms with Crippen LogP contribution in [0.5, 0.6) is 0 Å². The zero-order chi connectivity index (χ0) is 13.3. The Bertz CT molecular complexity index is 499. The average molecular weight is 268 g/mol. The largest absolute Gasteiger partial charge is 0.377 e. The molecule has 1 aromatic carbocycles. The number of amides is 1. The third-order valence-electron chi connectivity index (χ3n) is 2.70. The van der Waals surface area contributed by atoms with Crippen molar-refractivity contribution >= 4 is 29.0 Å². The Kier molecular flexibility index (Phi) is 3.68. The number of hydrogen-bond acceptors (Lipinski definition) is 3. The van der Waals surface area contributed by atoms with Crippen LogP contribution in [0.3, 0.4) is 0 Å². The maximum absolute atomic E-state index is 11.8. The number of anilines is 1. The zero-order valence-corrected chi connectivity index (χ0v) is 11.0. The van der Waals surface area contributed by atoms with Gasteiger partial charge in [-0.3, -0.25) is 9.59 Å². The first kappa shape index (κ1) is 13.1. The molecule has 1 aliphatic heterocycles. The van der Waals surface area contributed by atoms with E-state index in [1.807, 2.05) is 13.8 Å². The lowest BCUT2D eigenvalue weighted by Crippen LogP contribution is -2.33. The van der Waals surface area contributed by atoms with Gasteiger partial charge in [-0.25, -0.2) is 0 Å². The van der Waals surface area contributed by atoms with Gasteiger partial charge >= 0.3 is 0 Å². The summed E-state index contributed by atoms with van der Waals surface area (Å²) in [6.45, 7) is 4.62. The molecule has 4 nitrogen and oxygen atoms in total. The highest BCUT2D eigenvalue weighted by atomic mass is 35.5. The van der Waals surface area contributed by atoms with Crippen molar-refractivity contribution in [1.82, 2.24) is 0 Å². The van der Waals surface area contributed by atoms with Gasteiger partial charge in [0.15, 0.2) is 0 Å². The first-order chi connectivity index (χ1) is 8.50. The molecule has 0 unspecified atom stereocenters. The fourth-order valence-electron chi connectivity index (χ4n) is 1.87. The van der Waals surface area contributed by atoms with Crippen molar-refractivity contribution in [1.29, 1.82) is 0 Å². The molecule has 2 rings (SSSR count). The van der Waals surface area contributed by atoms with Gasteiger partial charge in [0, 0.05) is 11.6 Å². The Morgan fingerprint density at radius 1 is 1.33 bits per heavy atom. The Labute approximate surface area is 110 Å². The topological polar surface area (TPSA) is 46.6 Å². The van der Waals surface area contributed by atoms with E-state index >= 15 is 0 Å². The number of fused-ring (bicyclic) bond motifs is 1. The summed E-state index contributed by atoms with van der Waals surface area (Å²) in [5.41, 5.74) is 0.985. The summed E-state index contributed by atoms with van der Waals surface area (Å²) in [5.74, 6) is -1.02. The number of ether oxygens (including phenoxy) is 1. The molecule has 5 heteroatoms. The average Bonchev–Trinajstić information content (AvgIpc) is 2.54. The van der Waals surface area contributed by atoms with E-state index < -0.39 is 11.7 Å². The molecule has 0 bridgehead atoms. The summed E-state index contributed by atoms with van der Waals surface area (Å²) in [6.07, 6.45) is 0.100. The standard InChI is InChI=1S/C13H14ClNO3/c1-8(2)18-6-5-15-11-4-3-9(14)7-10(11)12(16)13(15)17/h3-4,7-8H,5-6H2,1-2H3. The second-order valence-corrected chi connectivity index (χ2v) is 4.80. The van der Waals surface area contributed by atoms with Crippen molar-refractivity contribution < 1.29 is 14.3 Å². The van der Waals surface area contributed by atoms with Crippen molar-refractivity contribution in [2.45, 2.75) is 20.0 Å². The first-order valence-electron chi connectivity index (χ1n) is 5.78. The number of hydrogen-bond donors (Lipinski definition) is 0. The quantitative estimate of drug-likeness (QED) is 0.787. The second kappa shape index (κ2) is 5.08. The van der Waals surface area contributed by atoms with E-state index in [0.717, 1.165) is 0 Å². The maximum Gasteiger partial charge on any atom is 0.299 e. The molecule has 0 fully saturated rings. The normalized spacial score (nSPS) is 14.6. The maximum atomic E-state index is 11.8. The molecular weight excluding hydrogens is 254 g/mol. The third-order valence-corrected chi connectivity index (χ3v) is 2.93. The van der Waals surface area contributed by atoms with Gasteiger partial charge in [0.2, 0.25) is 0 Å². The Morgan fingerprint density at radius 2 is 2.06 bits per heavy atom. The Hall–Kier alpha value is -1.39. The number of nitrogens with zero attached hydrogens (tertiary/aromatic N) is 1. The van der Waals surface area contributed by atoms with Crippen molar-refractivity contribution in [2.75, 3.05) is 18.1 Å². The van der Waals surface area contributed by atoms with Gasteiger partial charge < -0.3 is 9.64 Å². The van der Waals surface area contributed by atoms with Crippen molar-refractivity contribution in [3.05, 3.63) is 28.8 Å². The lowest BCUT2D eigenvalue weighted by Gasteiger charge is -2.17. The predicted octanol–water partition coefficient (Wildman–Crippen LogP) is 2.29. The van der Waals surface area contributed by atoms with E-state index in [1.165, 1.54) is 11.0 Å². The fraction of sp³-hybridized carbons (Fsp3) is 0.385. The van der Waals surface area contributed by atoms with Crippen molar-refractivity contribution in [3.8, 4) is 0 Å². The Balaban J connectivity index is 2.18. The number of benzene rings is 1. The van der Waals surface area contributed by atoms with E-state index in [-0.39, 0.29) is 6.10 Å². The smallest absolute Gasteiger partial charge is 0.299 e. The van der Waals surface area contributed by atoms with Gasteiger partial charge in [-0.1, -0.05) is 11.6 Å². The molecule has 18 heavy (non-hydrogen) atoms. The van der Waals surface area contributed by atoms with E-state index in [1.54, 1.807) is 12.1 Å². The van der Waals surface area contributed by atoms with Crippen LogP contribution >= 0.6 is 11.6 Å². The Morgan fingerprint density at radius 3 is 2.72 bits per heavy atom. The van der Waals surface area contributed by atoms with Gasteiger partial charge in [-0.05, 0) is 32.0 Å². The second-order valence-electron chi connectivity index (χ2n) is 4.37. The fourth-order valence-corrected chi connectivity index (χ4v) is 2.05. The molecule has 1 heterocycles. The third kappa shape index (κ3) is 2.40. The molecular formula is C13H14ClNO3. The zero-order valence-electron chi connectivity index (χ0n) is 10.3. The number of carbonyl (C=O) groups is 2. The van der Waals surface area contributed by atoms with Crippen LogP contribution in [0.15, 0.2) is 18.2 Å². The van der Waals surface area contributed by atoms with Gasteiger partial charge in [0.05, 0.1) is 24.0 Å². The highest BCUT2D eigenvalue weighted by molar-refractivity contribution is 6.52. The van der Waals surface area contributed by atoms with E-state index in [4.69, 9.17) is 16.3 Å². The summed E-state index contributed by atoms with van der Waals surface area (Å²) < 4.78 is 5.39. The van der Waals surface area contributed by atoms with Crippen LogP contribution < -0.4 is 4.90 Å². The van der Waals surface area contributed by atoms with Gasteiger partial charge in [0.1, 0.15) is 0 Å². The minimum Gasteiger partial charge on any atom is -0.377 e. The highest BCUT2D eigenvalue weighted by Gasteiger charge is 2.35. The molecule has 0 aliphatic carbocycles. The van der Waals surface area contributed by atoms with Crippen molar-refractivity contribution in [2.24, 2.45) is 0 Å². The van der Waals surface area contributed by atoms with Gasteiger partial charge in [-0.15, -0.1) is 0 Å². The van der Waals surface area contributed by atoms with E-state index in [9.17, 15) is 9.59 Å². The minimum absolute atomic E-state index is 0.100. The first-order valence-corrected chi connectivity index (χ1v) is 6.16. The monoisotopic (exact) mass is 267 g/mol. The molecule has 0 atom stereocenters. The van der Waals surface area contributed by atoms with Crippen LogP contribution in [-0.2, 0) is 9.53 Å². The predicted molar refractivity (Wildman–Crippen MR) is 69.2 cm³/mol. The van der Waals surface area contributed by atoms with Crippen LogP contribution in [0, 0.1) is 0 Å². The molecule has 0 spiro atoms. The number of halogens is 1. The van der Waals surface area contributed by atoms with Crippen molar-refractivity contribution in [3.63, 3.8) is 0 Å². The summed E-state index contributed by atoms with van der Waals surface area (Å²) >= 11 is 5.82. The van der Waals surface area contributed by atoms with Crippen LogP contribution in [0.2, 0.25) is 5.02 Å². The molecule has 96 valence electrons. The van der Waals surface area contributed by atoms with E-state index in [0.29, 0.717) is 29.4 Å². The lowest BCUT2D eigenvalue weighted by molar-refractivity contribution is -0.114. The molecule has 0 saturated heterocycles. The number of Topliss-reactive ketones (excluding diaryl/α,β-unsaturated/α-hetero) is 1. The SMILES string of the molecule is CC(C)OCCN1C(=O)C(=O)c2cc(Cl)ccc21. The summed E-state index contributed by atoms with van der Waals surface area (Å²) in [4.78, 5) is 25.0. The molecule has 0 radical (unpaired) electrons. The molecule has 0 aromatic heterocycles. The van der Waals surface area contributed by atoms with Crippen LogP contribution in [-0.4, -0.2) is 30.9 Å². The number of carbonyl (C=O) groups excluding carboxylic acids is 2. The summed E-state index contributed by atoms with van der Waals surface area (Å²) in [5, 5.41) is 0.454. The summed E-state index contributed by atoms with van der Waals surface area (Å²) in [7, 11) is 0. The van der Waals surface area contributed by atoms with Crippen LogP contribution in [0.25, 0.3) is 0 Å². The molecule has 1 aliphatic rings. The molecule has 1 amide bonds. The molecule has 0 saturated carbocycles. The number of rotatable bonds is 4. The lowest BCUT2D eigenvalue weighted by atomic mass is 10.1. The van der Waals surface area contributed by atoms with Crippen LogP contribution in [0.4, 0.5) is 5.69 Å². The highest BCUT2D eigenvalue weighted by Crippen LogP contribution is 2.30. The van der Waals surface area contributed by atoms with Gasteiger partial charge in [-0.2, -0.15) is 0 Å². The number of ketones is 1. The minimum atomic E-state index is -0.514.